The molecule has 310 valence electrons. The van der Waals surface area contributed by atoms with E-state index in [1.165, 1.54) is 66.7 Å². The molecule has 4 aliphatic rings. The number of amides is 2. The lowest BCUT2D eigenvalue weighted by Crippen LogP contribution is -2.49. The Morgan fingerprint density at radius 2 is 1.51 bits per heavy atom. The van der Waals surface area contributed by atoms with Gasteiger partial charge in [0, 0.05) is 91.1 Å². The van der Waals surface area contributed by atoms with E-state index in [-0.39, 0.29) is 114 Å². The Hall–Kier alpha value is -7.62. The Morgan fingerprint density at radius 3 is 2.23 bits per heavy atom. The molecule has 0 saturated carbocycles. The van der Waals surface area contributed by atoms with Crippen molar-refractivity contribution in [3.63, 3.8) is 0 Å². The third-order valence-corrected chi connectivity index (χ3v) is 11.0. The van der Waals surface area contributed by atoms with Crippen molar-refractivity contribution in [1.82, 2.24) is 4.90 Å². The molecule has 0 radical (unpaired) electrons. The normalized spacial score (nSPS) is 15.2. The van der Waals surface area contributed by atoms with Crippen molar-refractivity contribution in [2.24, 2.45) is 5.92 Å². The molecule has 16 heteroatoms. The summed E-state index contributed by atoms with van der Waals surface area (Å²) in [6.45, 7) is 0.752. The molecule has 1 unspecified atom stereocenters. The van der Waals surface area contributed by atoms with Gasteiger partial charge in [-0.15, -0.1) is 0 Å². The smallest absolute Gasteiger partial charge is 0.336 e. The number of hydrogen-bond donors (Lipinski definition) is 4. The topological polar surface area (TPSA) is 198 Å². The molecule has 61 heavy (non-hydrogen) atoms. The summed E-state index contributed by atoms with van der Waals surface area (Å²) in [6.07, 6.45) is 0.191. The molecule has 0 spiro atoms. The van der Waals surface area contributed by atoms with E-state index in [2.05, 4.69) is 5.32 Å². The van der Waals surface area contributed by atoms with Crippen molar-refractivity contribution in [2.75, 3.05) is 47.8 Å². The van der Waals surface area contributed by atoms with Crippen LogP contribution in [0.2, 0.25) is 0 Å². The van der Waals surface area contributed by atoms with E-state index >= 15 is 4.39 Å². The van der Waals surface area contributed by atoms with Gasteiger partial charge in [-0.25, -0.2) is 13.6 Å². The average molecular weight is 831 g/mol. The number of piperazine rings is 1. The van der Waals surface area contributed by atoms with Gasteiger partial charge >= 0.3 is 11.9 Å². The molecule has 3 heterocycles. The number of nitrogens with zero attached hydrogens (tertiary/aromatic N) is 3. The van der Waals surface area contributed by atoms with Crippen molar-refractivity contribution in [3.05, 3.63) is 124 Å². The summed E-state index contributed by atoms with van der Waals surface area (Å²) >= 11 is 0. The number of aliphatic carboxylic acids is 1. The fraction of sp³-hybridized carbons (Fsp3) is 0.200. The summed E-state index contributed by atoms with van der Waals surface area (Å²) in [5.74, 6) is -6.59. The molecule has 1 aliphatic carbocycles. The second-order valence-corrected chi connectivity index (χ2v) is 14.8. The maximum Gasteiger partial charge on any atom is 0.336 e. The first-order chi connectivity index (χ1) is 29.2. The monoisotopic (exact) mass is 830 g/mol. The van der Waals surface area contributed by atoms with Crippen LogP contribution in [0.25, 0.3) is 33.4 Å². The number of nitrogens with one attached hydrogen (secondary N) is 1. The van der Waals surface area contributed by atoms with E-state index in [0.717, 1.165) is 6.07 Å². The summed E-state index contributed by atoms with van der Waals surface area (Å²) in [6, 6.07) is 20.8. The first-order valence-corrected chi connectivity index (χ1v) is 19.3. The fourth-order valence-electron chi connectivity index (χ4n) is 7.97. The number of aromatic hydroxyl groups is 1. The molecule has 3 aliphatic heterocycles. The highest BCUT2D eigenvalue weighted by Gasteiger charge is 2.39. The number of aromatic carboxylic acids is 1. The number of Topliss-reactive ketones (excluding diaryl/α,β-unsaturated/α-hetero) is 1. The Morgan fingerprint density at radius 1 is 0.770 bits per heavy atom. The van der Waals surface area contributed by atoms with Gasteiger partial charge in [-0.3, -0.25) is 24.0 Å². The molecule has 4 aromatic rings. The van der Waals surface area contributed by atoms with Crippen LogP contribution in [0.3, 0.4) is 0 Å². The van der Waals surface area contributed by atoms with Gasteiger partial charge in [0.05, 0.1) is 16.9 Å². The SMILES string of the molecule is O=C(CCCC(=O)N1CCN(c2cc3c(cc2F)C(=O)C(C(=O)O)CN3c2ccc(F)cc2)CC1)Nc1ccc(-c2c3ccc(=O)cc-3oc3cc(O)ccc23)c(C(=O)O)c1. The van der Waals surface area contributed by atoms with Crippen LogP contribution in [0.4, 0.5) is 31.5 Å². The number of fused-ring (bicyclic) bond motifs is 3. The van der Waals surface area contributed by atoms with Crippen LogP contribution in [-0.2, 0) is 14.4 Å². The molecule has 1 fully saturated rings. The number of carboxylic acids is 2. The number of anilines is 4. The number of phenols is 1. The highest BCUT2D eigenvalue weighted by molar-refractivity contribution is 6.14. The molecule has 1 saturated heterocycles. The number of carboxylic acid groups (broad SMARTS) is 2. The van der Waals surface area contributed by atoms with E-state index in [4.69, 9.17) is 4.42 Å². The maximum atomic E-state index is 15.6. The van der Waals surface area contributed by atoms with Gasteiger partial charge in [0.2, 0.25) is 11.8 Å². The molecular weight excluding hydrogens is 795 g/mol. The highest BCUT2D eigenvalue weighted by Crippen LogP contribution is 2.43. The minimum absolute atomic E-state index is 0.0409. The summed E-state index contributed by atoms with van der Waals surface area (Å²) in [7, 11) is 0. The molecule has 4 aromatic carbocycles. The second kappa shape index (κ2) is 16.2. The molecule has 2 amide bonds. The summed E-state index contributed by atoms with van der Waals surface area (Å²) < 4.78 is 35.2. The van der Waals surface area contributed by atoms with Crippen LogP contribution in [0.1, 0.15) is 40.0 Å². The van der Waals surface area contributed by atoms with Gasteiger partial charge in [0.25, 0.3) is 0 Å². The quantitative estimate of drug-likeness (QED) is 0.0840. The number of benzene rings is 5. The number of carbonyl (C=O) groups excluding carboxylic acids is 3. The molecule has 0 bridgehead atoms. The molecule has 8 rings (SSSR count). The maximum absolute atomic E-state index is 15.6. The van der Waals surface area contributed by atoms with Crippen LogP contribution in [0.5, 0.6) is 5.75 Å². The van der Waals surface area contributed by atoms with Crippen molar-refractivity contribution >= 4 is 63.3 Å². The number of carbonyl (C=O) groups is 5. The van der Waals surface area contributed by atoms with E-state index in [1.54, 1.807) is 32.9 Å². The third-order valence-electron chi connectivity index (χ3n) is 11.0. The number of halogens is 2. The van der Waals surface area contributed by atoms with Crippen molar-refractivity contribution < 1.29 is 52.5 Å². The minimum atomic E-state index is -1.45. The zero-order chi connectivity index (χ0) is 43.1. The lowest BCUT2D eigenvalue weighted by Gasteiger charge is -2.38. The van der Waals surface area contributed by atoms with Gasteiger partial charge in [0.15, 0.2) is 11.2 Å². The Labute approximate surface area is 345 Å². The highest BCUT2D eigenvalue weighted by atomic mass is 19.1. The van der Waals surface area contributed by atoms with Crippen LogP contribution in [0, 0.1) is 17.6 Å². The van der Waals surface area contributed by atoms with Crippen LogP contribution in [-0.4, -0.2) is 82.5 Å². The first-order valence-electron chi connectivity index (χ1n) is 19.3. The average Bonchev–Trinajstić information content (AvgIpc) is 3.23. The van der Waals surface area contributed by atoms with Crippen molar-refractivity contribution in [1.29, 1.82) is 0 Å². The summed E-state index contributed by atoms with van der Waals surface area (Å²) in [5, 5.41) is 33.2. The van der Waals surface area contributed by atoms with E-state index in [0.29, 0.717) is 22.2 Å². The molecular formula is C45H36F2N4O10. The Bertz CT molecular complexity index is 2800. The van der Waals surface area contributed by atoms with Gasteiger partial charge in [-0.05, 0) is 84.8 Å². The number of rotatable bonds is 10. The zero-order valence-electron chi connectivity index (χ0n) is 32.2. The van der Waals surface area contributed by atoms with Crippen LogP contribution in [0.15, 0.2) is 100 Å². The lowest BCUT2D eigenvalue weighted by molar-refractivity contribution is -0.139. The van der Waals surface area contributed by atoms with Crippen molar-refractivity contribution in [3.8, 4) is 28.2 Å². The van der Waals surface area contributed by atoms with E-state index < -0.39 is 41.2 Å². The third kappa shape index (κ3) is 7.94. The van der Waals surface area contributed by atoms with E-state index in [9.17, 15) is 48.5 Å². The van der Waals surface area contributed by atoms with Gasteiger partial charge < -0.3 is 39.8 Å². The summed E-state index contributed by atoms with van der Waals surface area (Å²) in [4.78, 5) is 80.8. The zero-order valence-corrected chi connectivity index (χ0v) is 32.2. The Kier molecular flexibility index (Phi) is 10.7. The van der Waals surface area contributed by atoms with Crippen LogP contribution >= 0.6 is 0 Å². The Balaban J connectivity index is 0.903. The summed E-state index contributed by atoms with van der Waals surface area (Å²) in [5.41, 5.74) is 1.98. The lowest BCUT2D eigenvalue weighted by atomic mass is 9.90. The number of hydrogen-bond acceptors (Lipinski definition) is 10. The molecule has 1 atom stereocenters. The standard InChI is InChI=1S/C45H36F2N4O10/c46-24-4-7-26(8-5-24)51-23-34(45(59)60)43(56)33-21-35(47)37(22-36(33)51)49-14-16-50(17-15-49)41(55)3-1-2-40(54)48-25-6-11-29(32(18-25)44(57)58)42-30-12-9-27(52)19-38(30)61-39-20-28(53)10-13-31(39)42/h4-13,18-22,34,52H,1-3,14-17,23H2,(H,48,54)(H,57,58)(H,59,60). The fourth-order valence-corrected chi connectivity index (χ4v) is 7.97. The van der Waals surface area contributed by atoms with Crippen molar-refractivity contribution in [2.45, 2.75) is 19.3 Å². The molecule has 4 N–H and O–H groups in total. The molecule has 0 aromatic heterocycles. The minimum Gasteiger partial charge on any atom is -0.508 e. The van der Waals surface area contributed by atoms with Gasteiger partial charge in [-0.1, -0.05) is 6.07 Å². The predicted octanol–water partition coefficient (Wildman–Crippen LogP) is 6.74. The number of phenolic OH excluding ortho intramolecular Hbond substituents is 1. The first kappa shape index (κ1) is 40.2. The predicted molar refractivity (Wildman–Crippen MR) is 220 cm³/mol. The number of ketones is 1. The van der Waals surface area contributed by atoms with Crippen LogP contribution < -0.4 is 20.5 Å². The molecule has 14 nitrogen and oxygen atoms in total. The van der Waals surface area contributed by atoms with Gasteiger partial charge in [0.1, 0.15) is 34.6 Å². The largest absolute Gasteiger partial charge is 0.508 e. The van der Waals surface area contributed by atoms with Gasteiger partial charge in [-0.2, -0.15) is 0 Å². The second-order valence-electron chi connectivity index (χ2n) is 14.8. The van der Waals surface area contributed by atoms with E-state index in [1.807, 2.05) is 0 Å².